The third-order valence-electron chi connectivity index (χ3n) is 4.56. The van der Waals surface area contributed by atoms with Crippen LogP contribution in [0.2, 0.25) is 0 Å². The lowest BCUT2D eigenvalue weighted by Gasteiger charge is -2.13. The number of hydrogen-bond acceptors (Lipinski definition) is 4. The maximum absolute atomic E-state index is 12.4. The Bertz CT molecular complexity index is 794. The maximum atomic E-state index is 12.4. The van der Waals surface area contributed by atoms with Crippen molar-refractivity contribution in [3.63, 3.8) is 0 Å². The highest BCUT2D eigenvalue weighted by Gasteiger charge is 2.25. The van der Waals surface area contributed by atoms with Crippen molar-refractivity contribution in [1.82, 2.24) is 0 Å². The zero-order chi connectivity index (χ0) is 18.0. The molecule has 0 saturated heterocycles. The summed E-state index contributed by atoms with van der Waals surface area (Å²) in [5.41, 5.74) is 8.43. The van der Waals surface area contributed by atoms with Crippen LogP contribution in [0.5, 0.6) is 0 Å². The van der Waals surface area contributed by atoms with Crippen LogP contribution in [0, 0.1) is 6.92 Å². The van der Waals surface area contributed by atoms with Gasteiger partial charge in [0, 0.05) is 4.88 Å². The summed E-state index contributed by atoms with van der Waals surface area (Å²) in [6, 6.07) is 2.10. The van der Waals surface area contributed by atoms with E-state index in [2.05, 4.69) is 23.7 Å². The van der Waals surface area contributed by atoms with Crippen molar-refractivity contribution >= 4 is 39.5 Å². The van der Waals surface area contributed by atoms with Gasteiger partial charge in [0.15, 0.2) is 6.54 Å². The fraction of sp³-hybridized carbons (Fsp3) is 0.444. The molecule has 5 nitrogen and oxygen atoms in total. The Kier molecular flexibility index (Phi) is 5.56. The molecule has 0 saturated carbocycles. The molecule has 25 heavy (non-hydrogen) atoms. The Morgan fingerprint density at radius 3 is 2.76 bits per heavy atom. The number of thiophene rings is 2. The van der Waals surface area contributed by atoms with Gasteiger partial charge in [0.25, 0.3) is 11.8 Å². The highest BCUT2D eigenvalue weighted by molar-refractivity contribution is 7.17. The number of carbonyl (C=O) groups is 2. The minimum atomic E-state index is -0.440. The molecule has 3 rings (SSSR count). The van der Waals surface area contributed by atoms with Crippen molar-refractivity contribution in [2.24, 2.45) is 5.73 Å². The van der Waals surface area contributed by atoms with Crippen LogP contribution in [0.3, 0.4) is 0 Å². The number of rotatable bonds is 6. The molecule has 1 unspecified atom stereocenters. The van der Waals surface area contributed by atoms with Crippen molar-refractivity contribution in [1.29, 1.82) is 0 Å². The van der Waals surface area contributed by atoms with E-state index in [0.717, 1.165) is 42.7 Å². The predicted molar refractivity (Wildman–Crippen MR) is 103 cm³/mol. The van der Waals surface area contributed by atoms with Crippen LogP contribution in [0.4, 0.5) is 5.00 Å². The lowest BCUT2D eigenvalue weighted by molar-refractivity contribution is -0.884. The van der Waals surface area contributed by atoms with Crippen molar-refractivity contribution in [2.75, 3.05) is 18.9 Å². The standard InChI is InChI=1S/C18H23N3O2S2/c1-11-7-8-24-14(11)9-21(2)10-15(22)20-18-16(17(19)23)12-5-3-4-6-13(12)25-18/h7-8H,3-6,9-10H2,1-2H3,(H2,19,23)(H,20,22)/p+1. The second-order valence-electron chi connectivity index (χ2n) is 6.66. The number of quaternary nitrogens is 1. The number of nitrogens with one attached hydrogen (secondary N) is 2. The summed E-state index contributed by atoms with van der Waals surface area (Å²) in [6.07, 6.45) is 4.05. The number of aryl methyl sites for hydroxylation is 2. The molecule has 134 valence electrons. The van der Waals surface area contributed by atoms with E-state index in [1.54, 1.807) is 11.3 Å². The molecule has 0 spiro atoms. The van der Waals surface area contributed by atoms with E-state index in [9.17, 15) is 9.59 Å². The van der Waals surface area contributed by atoms with E-state index in [1.807, 2.05) is 7.05 Å². The van der Waals surface area contributed by atoms with Crippen molar-refractivity contribution in [3.8, 4) is 0 Å². The summed E-state index contributed by atoms with van der Waals surface area (Å²) in [6.45, 7) is 3.27. The second-order valence-corrected chi connectivity index (χ2v) is 8.77. The average Bonchev–Trinajstić information content (AvgIpc) is 3.10. The quantitative estimate of drug-likeness (QED) is 0.716. The first-order valence-corrected chi connectivity index (χ1v) is 10.2. The van der Waals surface area contributed by atoms with E-state index >= 15 is 0 Å². The highest BCUT2D eigenvalue weighted by atomic mass is 32.1. The topological polar surface area (TPSA) is 76.6 Å². The summed E-state index contributed by atoms with van der Waals surface area (Å²) in [7, 11) is 2.01. The number of fused-ring (bicyclic) bond motifs is 1. The molecule has 2 aromatic heterocycles. The first kappa shape index (κ1) is 18.1. The zero-order valence-electron chi connectivity index (χ0n) is 14.6. The molecular weight excluding hydrogens is 354 g/mol. The van der Waals surface area contributed by atoms with E-state index in [-0.39, 0.29) is 5.91 Å². The number of likely N-dealkylation sites (N-methyl/N-ethyl adjacent to an activating group) is 1. The average molecular weight is 379 g/mol. The van der Waals surface area contributed by atoms with Crippen LogP contribution in [-0.4, -0.2) is 25.4 Å². The Hall–Kier alpha value is -1.70. The Balaban J connectivity index is 1.67. The van der Waals surface area contributed by atoms with Crippen LogP contribution >= 0.6 is 22.7 Å². The summed E-state index contributed by atoms with van der Waals surface area (Å²) in [4.78, 5) is 27.9. The van der Waals surface area contributed by atoms with Gasteiger partial charge in [0.05, 0.1) is 17.5 Å². The van der Waals surface area contributed by atoms with Gasteiger partial charge in [-0.2, -0.15) is 0 Å². The third-order valence-corrected chi connectivity index (χ3v) is 6.79. The first-order valence-electron chi connectivity index (χ1n) is 8.54. The smallest absolute Gasteiger partial charge is 0.280 e. The monoisotopic (exact) mass is 378 g/mol. The zero-order valence-corrected chi connectivity index (χ0v) is 16.2. The van der Waals surface area contributed by atoms with Crippen LogP contribution in [-0.2, 0) is 24.2 Å². The van der Waals surface area contributed by atoms with Gasteiger partial charge in [-0.25, -0.2) is 0 Å². The lowest BCUT2D eigenvalue weighted by atomic mass is 9.95. The molecular formula is C18H24N3O2S2+. The molecule has 2 amide bonds. The fourth-order valence-corrected chi connectivity index (χ4v) is 5.61. The summed E-state index contributed by atoms with van der Waals surface area (Å²) >= 11 is 3.24. The molecule has 0 radical (unpaired) electrons. The number of anilines is 1. The third kappa shape index (κ3) is 4.11. The number of carbonyl (C=O) groups excluding carboxylic acids is 2. The van der Waals surface area contributed by atoms with Crippen LogP contribution < -0.4 is 16.0 Å². The normalized spacial score (nSPS) is 14.8. The highest BCUT2D eigenvalue weighted by Crippen LogP contribution is 2.37. The summed E-state index contributed by atoms with van der Waals surface area (Å²) in [5, 5.41) is 5.64. The molecule has 1 aliphatic carbocycles. The van der Waals surface area contributed by atoms with E-state index in [1.165, 1.54) is 26.7 Å². The van der Waals surface area contributed by atoms with Crippen LogP contribution in [0.15, 0.2) is 11.4 Å². The van der Waals surface area contributed by atoms with E-state index in [0.29, 0.717) is 17.1 Å². The molecule has 7 heteroatoms. The number of amides is 2. The van der Waals surface area contributed by atoms with Gasteiger partial charge < -0.3 is 16.0 Å². The maximum Gasteiger partial charge on any atom is 0.280 e. The summed E-state index contributed by atoms with van der Waals surface area (Å²) < 4.78 is 0. The van der Waals surface area contributed by atoms with Crippen molar-refractivity contribution in [3.05, 3.63) is 37.9 Å². The number of nitrogens with two attached hydrogens (primary N) is 1. The molecule has 1 atom stereocenters. The van der Waals surface area contributed by atoms with Gasteiger partial charge >= 0.3 is 0 Å². The largest absolute Gasteiger partial charge is 0.365 e. The van der Waals surface area contributed by atoms with Gasteiger partial charge in [-0.15, -0.1) is 22.7 Å². The molecule has 2 aromatic rings. The van der Waals surface area contributed by atoms with Gasteiger partial charge in [0.2, 0.25) is 0 Å². The molecule has 0 aliphatic heterocycles. The van der Waals surface area contributed by atoms with Crippen molar-refractivity contribution < 1.29 is 14.5 Å². The molecule has 1 aliphatic rings. The minimum Gasteiger partial charge on any atom is -0.365 e. The molecule has 0 fully saturated rings. The SMILES string of the molecule is Cc1ccsc1C[NH+](C)CC(=O)Nc1sc2c(c1C(N)=O)CCCC2. The van der Waals surface area contributed by atoms with E-state index in [4.69, 9.17) is 5.73 Å². The van der Waals surface area contributed by atoms with Crippen molar-refractivity contribution in [2.45, 2.75) is 39.2 Å². The fourth-order valence-electron chi connectivity index (χ4n) is 3.28. The first-order chi connectivity index (χ1) is 12.0. The molecule has 4 N–H and O–H groups in total. The number of hydrogen-bond donors (Lipinski definition) is 3. The lowest BCUT2D eigenvalue weighted by Crippen LogP contribution is -3.08. The van der Waals surface area contributed by atoms with Gasteiger partial charge in [-0.05, 0) is 55.2 Å². The Morgan fingerprint density at radius 1 is 1.32 bits per heavy atom. The van der Waals surface area contributed by atoms with Gasteiger partial charge in [-0.1, -0.05) is 0 Å². The Morgan fingerprint density at radius 2 is 2.08 bits per heavy atom. The minimum absolute atomic E-state index is 0.0761. The summed E-state index contributed by atoms with van der Waals surface area (Å²) in [5.74, 6) is -0.516. The molecule has 0 bridgehead atoms. The number of primary amides is 1. The molecule has 0 aromatic carbocycles. The Labute approximate surface area is 155 Å². The van der Waals surface area contributed by atoms with Crippen LogP contribution in [0.1, 0.15) is 44.1 Å². The van der Waals surface area contributed by atoms with Crippen LogP contribution in [0.25, 0.3) is 0 Å². The second kappa shape index (κ2) is 7.68. The molecule has 2 heterocycles. The van der Waals surface area contributed by atoms with Gasteiger partial charge in [0.1, 0.15) is 11.5 Å². The van der Waals surface area contributed by atoms with Gasteiger partial charge in [-0.3, -0.25) is 9.59 Å². The predicted octanol–water partition coefficient (Wildman–Crippen LogP) is 1.75. The van der Waals surface area contributed by atoms with E-state index < -0.39 is 5.91 Å².